The molecule has 3 aromatic rings. The Bertz CT molecular complexity index is 795. The van der Waals surface area contributed by atoms with E-state index >= 15 is 0 Å². The third-order valence-electron chi connectivity index (χ3n) is 4.34. The second-order valence-corrected chi connectivity index (χ2v) is 6.10. The largest absolute Gasteiger partial charge is 0.476 e. The molecule has 1 fully saturated rings. The summed E-state index contributed by atoms with van der Waals surface area (Å²) >= 11 is 0. The predicted molar refractivity (Wildman–Crippen MR) is 95.3 cm³/mol. The molecule has 1 saturated heterocycles. The topological polar surface area (TPSA) is 64.0 Å². The molecule has 0 spiro atoms. The summed E-state index contributed by atoms with van der Waals surface area (Å²) in [5, 5.41) is 8.44. The molecule has 6 nitrogen and oxygen atoms in total. The second kappa shape index (κ2) is 7.25. The zero-order chi connectivity index (χ0) is 16.9. The van der Waals surface area contributed by atoms with Gasteiger partial charge in [0.2, 0.25) is 5.88 Å². The standard InChI is InChI=1S/C19H19N5O/c1-2-4-16(5-3-1)17-6-7-19(23-22-17)25-14-15-8-11-24(13-15)18-12-20-9-10-21-18/h1-7,9-10,12,15H,8,11,13-14H2. The van der Waals surface area contributed by atoms with E-state index in [1.807, 2.05) is 42.5 Å². The molecule has 1 aliphatic rings. The van der Waals surface area contributed by atoms with Crippen LogP contribution in [0.15, 0.2) is 61.1 Å². The molecule has 0 aliphatic carbocycles. The molecule has 0 N–H and O–H groups in total. The zero-order valence-corrected chi connectivity index (χ0v) is 13.8. The Morgan fingerprint density at radius 1 is 1.04 bits per heavy atom. The minimum atomic E-state index is 0.456. The molecule has 6 heteroatoms. The van der Waals surface area contributed by atoms with Gasteiger partial charge in [-0.15, -0.1) is 10.2 Å². The highest BCUT2D eigenvalue weighted by molar-refractivity contribution is 5.58. The van der Waals surface area contributed by atoms with Gasteiger partial charge in [0.25, 0.3) is 0 Å². The molecule has 3 heterocycles. The third-order valence-corrected chi connectivity index (χ3v) is 4.34. The lowest BCUT2D eigenvalue weighted by Gasteiger charge is -2.16. The van der Waals surface area contributed by atoms with Gasteiger partial charge in [-0.2, -0.15) is 0 Å². The van der Waals surface area contributed by atoms with Crippen LogP contribution in [0.1, 0.15) is 6.42 Å². The fourth-order valence-corrected chi connectivity index (χ4v) is 2.99. The zero-order valence-electron chi connectivity index (χ0n) is 13.8. The molecule has 0 bridgehead atoms. The minimum Gasteiger partial charge on any atom is -0.476 e. The molecule has 1 aliphatic heterocycles. The van der Waals surface area contributed by atoms with Crippen molar-refractivity contribution in [3.05, 3.63) is 61.1 Å². The minimum absolute atomic E-state index is 0.456. The molecule has 1 unspecified atom stereocenters. The van der Waals surface area contributed by atoms with Crippen molar-refractivity contribution in [1.82, 2.24) is 20.2 Å². The molecule has 25 heavy (non-hydrogen) atoms. The average molecular weight is 333 g/mol. The lowest BCUT2D eigenvalue weighted by atomic mass is 10.1. The summed E-state index contributed by atoms with van der Waals surface area (Å²) in [5.74, 6) is 1.95. The van der Waals surface area contributed by atoms with Crippen LogP contribution < -0.4 is 9.64 Å². The molecule has 0 saturated carbocycles. The molecular weight excluding hydrogens is 314 g/mol. The first-order chi connectivity index (χ1) is 12.4. The van der Waals surface area contributed by atoms with Crippen molar-refractivity contribution in [2.24, 2.45) is 5.92 Å². The fraction of sp³-hybridized carbons (Fsp3) is 0.263. The van der Waals surface area contributed by atoms with Crippen LogP contribution in [0.3, 0.4) is 0 Å². The summed E-state index contributed by atoms with van der Waals surface area (Å²) in [6.45, 7) is 2.54. The van der Waals surface area contributed by atoms with Crippen LogP contribution in [0.25, 0.3) is 11.3 Å². The Labute approximate surface area is 146 Å². The van der Waals surface area contributed by atoms with Crippen LogP contribution in [0.4, 0.5) is 5.82 Å². The summed E-state index contributed by atoms with van der Waals surface area (Å²) in [5.41, 5.74) is 1.90. The normalized spacial score (nSPS) is 16.8. The van der Waals surface area contributed by atoms with Gasteiger partial charge in [0, 0.05) is 43.0 Å². The van der Waals surface area contributed by atoms with Gasteiger partial charge >= 0.3 is 0 Å². The first-order valence-corrected chi connectivity index (χ1v) is 8.41. The average Bonchev–Trinajstić information content (AvgIpc) is 3.17. The molecule has 126 valence electrons. The van der Waals surface area contributed by atoms with Crippen molar-refractivity contribution in [1.29, 1.82) is 0 Å². The van der Waals surface area contributed by atoms with Crippen LogP contribution in [-0.2, 0) is 0 Å². The number of hydrogen-bond acceptors (Lipinski definition) is 6. The van der Waals surface area contributed by atoms with E-state index in [1.165, 1.54) is 0 Å². The van der Waals surface area contributed by atoms with Crippen LogP contribution in [0.2, 0.25) is 0 Å². The lowest BCUT2D eigenvalue weighted by molar-refractivity contribution is 0.249. The maximum absolute atomic E-state index is 5.83. The highest BCUT2D eigenvalue weighted by Gasteiger charge is 2.24. The van der Waals surface area contributed by atoms with Gasteiger partial charge in [-0.1, -0.05) is 30.3 Å². The number of benzene rings is 1. The van der Waals surface area contributed by atoms with E-state index in [4.69, 9.17) is 4.74 Å². The molecule has 1 atom stereocenters. The monoisotopic (exact) mass is 333 g/mol. The van der Waals surface area contributed by atoms with E-state index in [0.717, 1.165) is 36.6 Å². The van der Waals surface area contributed by atoms with Crippen molar-refractivity contribution >= 4 is 5.82 Å². The second-order valence-electron chi connectivity index (χ2n) is 6.10. The molecule has 1 aromatic carbocycles. The molecule has 4 rings (SSSR count). The van der Waals surface area contributed by atoms with Gasteiger partial charge in [0.15, 0.2) is 0 Å². The molecule has 0 amide bonds. The number of nitrogens with zero attached hydrogens (tertiary/aromatic N) is 5. The van der Waals surface area contributed by atoms with Gasteiger partial charge in [-0.3, -0.25) is 4.98 Å². The quantitative estimate of drug-likeness (QED) is 0.715. The number of ether oxygens (including phenoxy) is 1. The highest BCUT2D eigenvalue weighted by Crippen LogP contribution is 2.22. The number of aromatic nitrogens is 4. The summed E-state index contributed by atoms with van der Waals surface area (Å²) in [6, 6.07) is 13.8. The van der Waals surface area contributed by atoms with E-state index < -0.39 is 0 Å². The van der Waals surface area contributed by atoms with E-state index in [2.05, 4.69) is 25.1 Å². The van der Waals surface area contributed by atoms with Crippen molar-refractivity contribution in [2.45, 2.75) is 6.42 Å². The SMILES string of the molecule is c1ccc(-c2ccc(OCC3CCN(c4cnccn4)C3)nn2)cc1. The van der Waals surface area contributed by atoms with Crippen molar-refractivity contribution in [2.75, 3.05) is 24.6 Å². The fourth-order valence-electron chi connectivity index (χ4n) is 2.99. The van der Waals surface area contributed by atoms with Crippen molar-refractivity contribution in [3.8, 4) is 17.1 Å². The Morgan fingerprint density at radius 2 is 1.96 bits per heavy atom. The summed E-state index contributed by atoms with van der Waals surface area (Å²) in [7, 11) is 0. The van der Waals surface area contributed by atoms with E-state index in [9.17, 15) is 0 Å². The predicted octanol–water partition coefficient (Wildman–Crippen LogP) is 2.84. The molecular formula is C19H19N5O. The summed E-state index contributed by atoms with van der Waals surface area (Å²) in [6.07, 6.45) is 6.30. The van der Waals surface area contributed by atoms with Crippen molar-refractivity contribution in [3.63, 3.8) is 0 Å². The number of hydrogen-bond donors (Lipinski definition) is 0. The highest BCUT2D eigenvalue weighted by atomic mass is 16.5. The van der Waals surface area contributed by atoms with E-state index in [0.29, 0.717) is 18.4 Å². The Hall–Kier alpha value is -3.02. The van der Waals surface area contributed by atoms with Crippen LogP contribution in [0.5, 0.6) is 5.88 Å². The maximum atomic E-state index is 5.83. The van der Waals surface area contributed by atoms with E-state index in [-0.39, 0.29) is 0 Å². The molecule has 0 radical (unpaired) electrons. The van der Waals surface area contributed by atoms with Gasteiger partial charge < -0.3 is 9.64 Å². The summed E-state index contributed by atoms with van der Waals surface area (Å²) in [4.78, 5) is 10.7. The smallest absolute Gasteiger partial charge is 0.233 e. The Kier molecular flexibility index (Phi) is 4.50. The van der Waals surface area contributed by atoms with Crippen LogP contribution in [-0.4, -0.2) is 39.9 Å². The van der Waals surface area contributed by atoms with Gasteiger partial charge in [0.05, 0.1) is 18.5 Å². The van der Waals surface area contributed by atoms with Crippen LogP contribution >= 0.6 is 0 Å². The Balaban J connectivity index is 1.32. The maximum Gasteiger partial charge on any atom is 0.233 e. The first-order valence-electron chi connectivity index (χ1n) is 8.41. The summed E-state index contributed by atoms with van der Waals surface area (Å²) < 4.78 is 5.83. The lowest BCUT2D eigenvalue weighted by Crippen LogP contribution is -2.22. The van der Waals surface area contributed by atoms with Crippen LogP contribution in [0, 0.1) is 5.92 Å². The first kappa shape index (κ1) is 15.5. The van der Waals surface area contributed by atoms with E-state index in [1.54, 1.807) is 18.6 Å². The van der Waals surface area contributed by atoms with Gasteiger partial charge in [-0.05, 0) is 12.5 Å². The van der Waals surface area contributed by atoms with Gasteiger partial charge in [0.1, 0.15) is 5.82 Å². The Morgan fingerprint density at radius 3 is 2.72 bits per heavy atom. The van der Waals surface area contributed by atoms with Gasteiger partial charge in [-0.25, -0.2) is 4.98 Å². The number of anilines is 1. The number of rotatable bonds is 5. The molecule has 2 aromatic heterocycles. The van der Waals surface area contributed by atoms with Crippen molar-refractivity contribution < 1.29 is 4.74 Å². The third kappa shape index (κ3) is 3.74.